The molecule has 0 aliphatic heterocycles. The Hall–Kier alpha value is -2.94. The summed E-state index contributed by atoms with van der Waals surface area (Å²) in [5, 5.41) is 0.566. The molecule has 0 saturated heterocycles. The van der Waals surface area contributed by atoms with E-state index in [1.807, 2.05) is 0 Å². The van der Waals surface area contributed by atoms with E-state index in [-0.39, 0.29) is 44.1 Å². The third-order valence-electron chi connectivity index (χ3n) is 4.91. The molecule has 0 atom stereocenters. The zero-order chi connectivity index (χ0) is 29.8. The standard InChI is InChI=1S/C26H26N2O/c1-14-11-21-24-23-20(29-21)8-7-18(22(23)15(2)16(3)25(24)28-14)19-12-17(9-10-27-19)13-26(4,5)6/h7-12H,13H2,1-6H3/i1D3,2D3,3D3,13D2. The first kappa shape index (κ1) is 9.71. The molecule has 2 aromatic carbocycles. The summed E-state index contributed by atoms with van der Waals surface area (Å²) in [6.07, 6.45) is -0.343. The van der Waals surface area contributed by atoms with Crippen molar-refractivity contribution in [3.8, 4) is 11.3 Å². The van der Waals surface area contributed by atoms with Gasteiger partial charge >= 0.3 is 0 Å². The summed E-state index contributed by atoms with van der Waals surface area (Å²) in [7, 11) is 0. The maximum absolute atomic E-state index is 8.72. The fourth-order valence-electron chi connectivity index (χ4n) is 3.87. The SMILES string of the molecule is [2H]C([2H])([2H])c1cc2oc3ccc(-c4cc(C([2H])([2H])C(C)(C)C)ccn4)c4c(C([2H])([2H])[2H])c(C([2H])([2H])[2H])c(n1)c2c34. The van der Waals surface area contributed by atoms with E-state index in [1.54, 1.807) is 39.0 Å². The lowest BCUT2D eigenvalue weighted by Crippen LogP contribution is -2.09. The summed E-state index contributed by atoms with van der Waals surface area (Å²) in [6.45, 7) is -3.35. The number of aromatic nitrogens is 2. The Morgan fingerprint density at radius 1 is 0.966 bits per heavy atom. The van der Waals surface area contributed by atoms with Crippen molar-refractivity contribution in [3.63, 3.8) is 0 Å². The molecule has 0 spiro atoms. The Kier molecular flexibility index (Phi) is 2.02. The fraction of sp³-hybridized carbons (Fsp3) is 0.308. The first-order chi connectivity index (χ1) is 18.1. The van der Waals surface area contributed by atoms with Gasteiger partial charge in [0, 0.05) is 44.0 Å². The van der Waals surface area contributed by atoms with Crippen LogP contribution in [0.15, 0.2) is 40.9 Å². The smallest absolute Gasteiger partial charge is 0.139 e. The van der Waals surface area contributed by atoms with Gasteiger partial charge in [-0.1, -0.05) is 20.8 Å². The van der Waals surface area contributed by atoms with Crippen LogP contribution in [-0.2, 0) is 6.37 Å². The average Bonchev–Trinajstić information content (AvgIpc) is 3.18. The van der Waals surface area contributed by atoms with Gasteiger partial charge in [0.05, 0.1) is 16.6 Å². The Morgan fingerprint density at radius 3 is 2.59 bits per heavy atom. The molecule has 5 aromatic rings. The van der Waals surface area contributed by atoms with Crippen LogP contribution in [0.2, 0.25) is 0 Å². The van der Waals surface area contributed by atoms with Gasteiger partial charge < -0.3 is 4.42 Å². The van der Waals surface area contributed by atoms with Crippen LogP contribution in [0.1, 0.15) is 58.2 Å². The van der Waals surface area contributed by atoms with Gasteiger partial charge in [-0.25, -0.2) is 0 Å². The van der Waals surface area contributed by atoms with E-state index >= 15 is 0 Å². The van der Waals surface area contributed by atoms with Crippen LogP contribution in [0.25, 0.3) is 44.1 Å². The second-order valence-electron chi connectivity index (χ2n) is 8.25. The molecular weight excluding hydrogens is 356 g/mol. The topological polar surface area (TPSA) is 38.9 Å². The number of hydrogen-bond donors (Lipinski definition) is 0. The minimum atomic E-state index is -2.98. The predicted octanol–water partition coefficient (Wildman–Crippen LogP) is 7.15. The van der Waals surface area contributed by atoms with E-state index in [2.05, 4.69) is 9.97 Å². The molecule has 3 heteroatoms. The summed E-state index contributed by atoms with van der Waals surface area (Å²) in [6, 6.07) is 7.46. The molecule has 0 unspecified atom stereocenters. The molecule has 5 rings (SSSR count). The Morgan fingerprint density at radius 2 is 1.83 bits per heavy atom. The summed E-state index contributed by atoms with van der Waals surface area (Å²) in [4.78, 5) is 8.61. The van der Waals surface area contributed by atoms with Crippen LogP contribution in [-0.4, -0.2) is 9.97 Å². The molecule has 3 heterocycles. The minimum Gasteiger partial charge on any atom is -0.456 e. The van der Waals surface area contributed by atoms with Crippen molar-refractivity contribution >= 4 is 32.8 Å². The van der Waals surface area contributed by atoms with Crippen molar-refractivity contribution in [2.24, 2.45) is 5.41 Å². The first-order valence-electron chi connectivity index (χ1n) is 14.8. The molecule has 0 aliphatic rings. The second-order valence-corrected chi connectivity index (χ2v) is 8.25. The van der Waals surface area contributed by atoms with Crippen LogP contribution >= 0.6 is 0 Å². The first-order valence-corrected chi connectivity index (χ1v) is 9.27. The molecule has 0 N–H and O–H groups in total. The molecule has 29 heavy (non-hydrogen) atoms. The highest BCUT2D eigenvalue weighted by Crippen LogP contribution is 2.44. The highest BCUT2D eigenvalue weighted by atomic mass is 16.3. The van der Waals surface area contributed by atoms with Crippen LogP contribution in [0, 0.1) is 26.0 Å². The third-order valence-corrected chi connectivity index (χ3v) is 4.91. The monoisotopic (exact) mass is 393 g/mol. The van der Waals surface area contributed by atoms with E-state index in [0.29, 0.717) is 5.56 Å². The van der Waals surface area contributed by atoms with Gasteiger partial charge in [0.2, 0.25) is 0 Å². The molecule has 0 amide bonds. The number of benzene rings is 2. The summed E-state index contributed by atoms with van der Waals surface area (Å²) < 4.78 is 97.2. The number of aryl methyl sites for hydroxylation is 3. The number of hydrogen-bond acceptors (Lipinski definition) is 3. The van der Waals surface area contributed by atoms with Crippen molar-refractivity contribution in [1.29, 1.82) is 0 Å². The van der Waals surface area contributed by atoms with Crippen molar-refractivity contribution < 1.29 is 19.5 Å². The van der Waals surface area contributed by atoms with Crippen molar-refractivity contribution in [2.75, 3.05) is 0 Å². The number of pyridine rings is 2. The summed E-state index contributed by atoms with van der Waals surface area (Å²) in [5.74, 6) is 0. The van der Waals surface area contributed by atoms with Gasteiger partial charge in [0.25, 0.3) is 0 Å². The van der Waals surface area contributed by atoms with Crippen molar-refractivity contribution in [1.82, 2.24) is 9.97 Å². The lowest BCUT2D eigenvalue weighted by molar-refractivity contribution is 0.411. The molecule has 3 aromatic heterocycles. The molecule has 0 bridgehead atoms. The molecule has 0 fully saturated rings. The second kappa shape index (κ2) is 6.03. The highest BCUT2D eigenvalue weighted by molar-refractivity contribution is 6.25. The molecule has 146 valence electrons. The van der Waals surface area contributed by atoms with Gasteiger partial charge in [-0.15, -0.1) is 0 Å². The average molecular weight is 394 g/mol. The third kappa shape index (κ3) is 2.79. The lowest BCUT2D eigenvalue weighted by Gasteiger charge is -2.19. The van der Waals surface area contributed by atoms with Gasteiger partial charge in [0.15, 0.2) is 0 Å². The zero-order valence-corrected chi connectivity index (χ0v) is 16.3. The van der Waals surface area contributed by atoms with Crippen molar-refractivity contribution in [3.05, 3.63) is 58.9 Å². The Bertz CT molecular complexity index is 1770. The van der Waals surface area contributed by atoms with Crippen LogP contribution in [0.3, 0.4) is 0 Å². The minimum absolute atomic E-state index is 0.0688. The summed E-state index contributed by atoms with van der Waals surface area (Å²) in [5.41, 5.74) is -1.37. The molecule has 0 aliphatic carbocycles. The number of furan rings is 1. The normalized spacial score (nSPS) is 20.0. The van der Waals surface area contributed by atoms with Crippen LogP contribution in [0.5, 0.6) is 0 Å². The van der Waals surface area contributed by atoms with Crippen LogP contribution in [0.4, 0.5) is 0 Å². The predicted molar refractivity (Wildman–Crippen MR) is 121 cm³/mol. The van der Waals surface area contributed by atoms with Crippen molar-refractivity contribution in [2.45, 2.75) is 47.7 Å². The number of nitrogens with zero attached hydrogens (tertiary/aromatic N) is 2. The lowest BCUT2D eigenvalue weighted by atomic mass is 9.87. The molecule has 3 nitrogen and oxygen atoms in total. The fourth-order valence-corrected chi connectivity index (χ4v) is 3.87. The highest BCUT2D eigenvalue weighted by Gasteiger charge is 2.22. The largest absolute Gasteiger partial charge is 0.456 e. The Labute approximate surface area is 186 Å². The van der Waals surface area contributed by atoms with E-state index < -0.39 is 49.2 Å². The summed E-state index contributed by atoms with van der Waals surface area (Å²) >= 11 is 0. The van der Waals surface area contributed by atoms with Gasteiger partial charge in [-0.2, -0.15) is 0 Å². The maximum Gasteiger partial charge on any atom is 0.139 e. The van der Waals surface area contributed by atoms with Gasteiger partial charge in [-0.05, 0) is 78.7 Å². The van der Waals surface area contributed by atoms with Gasteiger partial charge in [0.1, 0.15) is 11.2 Å². The molecule has 0 saturated carbocycles. The van der Waals surface area contributed by atoms with E-state index in [0.717, 1.165) is 0 Å². The van der Waals surface area contributed by atoms with E-state index in [1.165, 1.54) is 18.3 Å². The van der Waals surface area contributed by atoms with Crippen LogP contribution < -0.4 is 0 Å². The molecular formula is C26H26N2O. The maximum atomic E-state index is 8.72. The number of rotatable bonds is 2. The Balaban J connectivity index is 2.01. The van der Waals surface area contributed by atoms with E-state index in [4.69, 9.17) is 19.5 Å². The molecule has 0 radical (unpaired) electrons. The zero-order valence-electron chi connectivity index (χ0n) is 27.3. The van der Waals surface area contributed by atoms with Gasteiger partial charge in [-0.3, -0.25) is 9.97 Å². The quantitative estimate of drug-likeness (QED) is 0.299. The van der Waals surface area contributed by atoms with E-state index in [9.17, 15) is 0 Å².